The average molecular weight is 463 g/mol. The molecule has 0 aliphatic carbocycles. The summed E-state index contributed by atoms with van der Waals surface area (Å²) < 4.78 is 44.7. The van der Waals surface area contributed by atoms with Gasteiger partial charge in [0.2, 0.25) is 5.69 Å². The summed E-state index contributed by atoms with van der Waals surface area (Å²) in [4.78, 5) is 22.8. The molecule has 1 aromatic heterocycles. The Hall–Kier alpha value is -1.59. The van der Waals surface area contributed by atoms with E-state index in [0.717, 1.165) is 14.2 Å². The Bertz CT molecular complexity index is 985. The van der Waals surface area contributed by atoms with E-state index in [1.54, 1.807) is 0 Å². The van der Waals surface area contributed by atoms with E-state index in [1.807, 2.05) is 0 Å². The molecule has 0 aliphatic rings. The monoisotopic (exact) mass is 463 g/mol. The van der Waals surface area contributed by atoms with Gasteiger partial charge in [0.25, 0.3) is 5.56 Å². The maximum Gasteiger partial charge on any atom is 0.431 e. The zero-order valence-electron chi connectivity index (χ0n) is 13.7. The summed E-state index contributed by atoms with van der Waals surface area (Å²) in [6, 6.07) is 4.19. The number of nitro groups is 1. The number of methoxy groups -OCH3 is 1. The number of hydrogen-bond acceptors (Lipinski definition) is 5. The maximum absolute atomic E-state index is 13.0. The number of ether oxygens (including phenoxy) is 1. The van der Waals surface area contributed by atoms with E-state index < -0.39 is 32.8 Å². The number of nitrogens with zero attached hydrogens (tertiary/aromatic N) is 3. The summed E-state index contributed by atoms with van der Waals surface area (Å²) in [5.74, 6) is -0.321. The van der Waals surface area contributed by atoms with Gasteiger partial charge in [-0.25, -0.2) is 0 Å². The van der Waals surface area contributed by atoms with E-state index in [4.69, 9.17) is 17.0 Å². The van der Waals surface area contributed by atoms with E-state index in [-0.39, 0.29) is 49.7 Å². The first-order valence-corrected chi connectivity index (χ1v) is 7.05. The van der Waals surface area contributed by atoms with Gasteiger partial charge in [-0.3, -0.25) is 19.5 Å². The van der Waals surface area contributed by atoms with Gasteiger partial charge in [-0.05, 0) is 17.9 Å². The Balaban J connectivity index is 0.00000338. The van der Waals surface area contributed by atoms with Crippen molar-refractivity contribution >= 4 is 17.9 Å². The molecule has 0 saturated heterocycles. The fraction of sp³-hybridized carbons (Fsp3) is 0.286. The third kappa shape index (κ3) is 3.89. The normalized spacial score (nSPS) is 11.0. The van der Waals surface area contributed by atoms with Crippen LogP contribution in [0.5, 0.6) is 5.75 Å². The summed E-state index contributed by atoms with van der Waals surface area (Å²) in [5, 5.41) is 11.3. The Morgan fingerprint density at radius 1 is 1.38 bits per heavy atom. The molecule has 1 aromatic carbocycles. The molecular formula is C14H11F3N3O4SY-. The number of nitro benzene ring substituents is 1. The van der Waals surface area contributed by atoms with Crippen LogP contribution < -0.4 is 10.3 Å². The van der Waals surface area contributed by atoms with Crippen molar-refractivity contribution in [3.8, 4) is 11.4 Å². The third-order valence-electron chi connectivity index (χ3n) is 3.45. The summed E-state index contributed by atoms with van der Waals surface area (Å²) in [6.07, 6.45) is -4.78. The van der Waals surface area contributed by atoms with Crippen molar-refractivity contribution in [3.63, 3.8) is 0 Å². The van der Waals surface area contributed by atoms with E-state index in [2.05, 4.69) is 6.07 Å². The molecule has 7 nitrogen and oxygen atoms in total. The van der Waals surface area contributed by atoms with E-state index >= 15 is 0 Å². The van der Waals surface area contributed by atoms with Gasteiger partial charge in [-0.1, -0.05) is 12.5 Å². The number of rotatable bonds is 3. The fourth-order valence-electron chi connectivity index (χ4n) is 2.29. The Morgan fingerprint density at radius 3 is 2.42 bits per heavy atom. The Labute approximate surface area is 175 Å². The Morgan fingerprint density at radius 2 is 1.96 bits per heavy atom. The first kappa shape index (κ1) is 22.5. The molecule has 0 bridgehead atoms. The van der Waals surface area contributed by atoms with Crippen LogP contribution in [-0.2, 0) is 45.9 Å². The number of aryl methyl sites for hydroxylation is 1. The molecule has 137 valence electrons. The van der Waals surface area contributed by atoms with Gasteiger partial charge in [0.15, 0.2) is 4.77 Å². The van der Waals surface area contributed by atoms with Gasteiger partial charge in [-0.2, -0.15) is 25.3 Å². The standard InChI is InChI=1S/C14H11F3N3O4S.Y/c1-7-4-5-8(12(24-3)11(7)20(22)23)19-10(21)6-9(14(15,16)17)18(2)13(19)25;/h4,6H,1-3H3;/q-1;. The second kappa shape index (κ2) is 7.97. The van der Waals surface area contributed by atoms with Crippen molar-refractivity contribution in [2.45, 2.75) is 13.1 Å². The number of benzene rings is 1. The zero-order chi connectivity index (χ0) is 19.1. The summed E-state index contributed by atoms with van der Waals surface area (Å²) in [5.41, 5.74) is -2.80. The van der Waals surface area contributed by atoms with Crippen LogP contribution in [0.25, 0.3) is 5.69 Å². The van der Waals surface area contributed by atoms with Crippen LogP contribution in [0.15, 0.2) is 16.9 Å². The minimum atomic E-state index is -4.78. The number of halogens is 3. The van der Waals surface area contributed by atoms with Gasteiger partial charge < -0.3 is 9.30 Å². The molecule has 1 radical (unpaired) electrons. The molecule has 0 aliphatic heterocycles. The predicted molar refractivity (Wildman–Crippen MR) is 83.6 cm³/mol. The van der Waals surface area contributed by atoms with Crippen LogP contribution in [0.4, 0.5) is 18.9 Å². The molecule has 0 N–H and O–H groups in total. The third-order valence-corrected chi connectivity index (χ3v) is 3.91. The predicted octanol–water partition coefficient (Wildman–Crippen LogP) is 2.95. The average Bonchev–Trinajstić information content (AvgIpc) is 2.50. The molecule has 0 spiro atoms. The van der Waals surface area contributed by atoms with Gasteiger partial charge in [0.05, 0.1) is 7.11 Å². The van der Waals surface area contributed by atoms with Crippen LogP contribution in [0.1, 0.15) is 11.3 Å². The van der Waals surface area contributed by atoms with Gasteiger partial charge in [0, 0.05) is 50.7 Å². The van der Waals surface area contributed by atoms with Crippen molar-refractivity contribution in [1.29, 1.82) is 0 Å². The summed E-state index contributed by atoms with van der Waals surface area (Å²) in [7, 11) is 2.17. The van der Waals surface area contributed by atoms with Crippen LogP contribution in [0.3, 0.4) is 0 Å². The summed E-state index contributed by atoms with van der Waals surface area (Å²) in [6.45, 7) is 1.44. The van der Waals surface area contributed by atoms with Gasteiger partial charge >= 0.3 is 6.18 Å². The molecular weight excluding hydrogens is 452 g/mol. The molecule has 0 unspecified atom stereocenters. The zero-order valence-corrected chi connectivity index (χ0v) is 17.4. The second-order valence-corrected chi connectivity index (χ2v) is 5.37. The van der Waals surface area contributed by atoms with Crippen LogP contribution in [0, 0.1) is 27.9 Å². The smallest absolute Gasteiger partial charge is 0.431 e. The van der Waals surface area contributed by atoms with Crippen molar-refractivity contribution in [3.05, 3.63) is 54.7 Å². The summed E-state index contributed by atoms with van der Waals surface area (Å²) >= 11 is 4.95. The number of alkyl halides is 3. The molecule has 0 amide bonds. The molecule has 0 atom stereocenters. The van der Waals surface area contributed by atoms with E-state index in [0.29, 0.717) is 15.2 Å². The first-order valence-electron chi connectivity index (χ1n) is 6.65. The number of hydrogen-bond donors (Lipinski definition) is 0. The molecule has 0 fully saturated rings. The largest absolute Gasteiger partial charge is 0.545 e. The van der Waals surface area contributed by atoms with Crippen molar-refractivity contribution in [2.24, 2.45) is 7.05 Å². The van der Waals surface area contributed by atoms with Gasteiger partial charge in [0.1, 0.15) is 11.4 Å². The first-order chi connectivity index (χ1) is 11.5. The topological polar surface area (TPSA) is 79.3 Å². The SMILES string of the molecule is COc1c(-n2c(=O)cc(C(F)(F)F)n(C)c2=S)[c-]cc(C)c1[N+](=O)[O-].[Y]. The number of aromatic nitrogens is 2. The fourth-order valence-corrected chi connectivity index (χ4v) is 2.57. The molecule has 0 saturated carbocycles. The van der Waals surface area contributed by atoms with Crippen LogP contribution in [-0.4, -0.2) is 21.2 Å². The van der Waals surface area contributed by atoms with E-state index in [9.17, 15) is 28.1 Å². The Kier molecular flexibility index (Phi) is 6.88. The van der Waals surface area contributed by atoms with Crippen LogP contribution >= 0.6 is 12.2 Å². The van der Waals surface area contributed by atoms with Crippen molar-refractivity contribution in [1.82, 2.24) is 9.13 Å². The van der Waals surface area contributed by atoms with Gasteiger partial charge in [-0.15, -0.1) is 0 Å². The molecule has 1 heterocycles. The minimum absolute atomic E-state index is 0. The molecule has 12 heteroatoms. The van der Waals surface area contributed by atoms with Crippen LogP contribution in [0.2, 0.25) is 0 Å². The van der Waals surface area contributed by atoms with Crippen molar-refractivity contribution < 1.29 is 55.5 Å². The van der Waals surface area contributed by atoms with E-state index in [1.165, 1.54) is 13.0 Å². The molecule has 26 heavy (non-hydrogen) atoms. The quantitative estimate of drug-likeness (QED) is 0.303. The minimum Gasteiger partial charge on any atom is -0.545 e. The molecule has 2 aromatic rings. The second-order valence-electron chi connectivity index (χ2n) is 5.00. The molecule has 2 rings (SSSR count). The van der Waals surface area contributed by atoms with Crippen molar-refractivity contribution in [2.75, 3.05) is 7.11 Å². The maximum atomic E-state index is 13.0.